The van der Waals surface area contributed by atoms with E-state index in [1.54, 1.807) is 23.5 Å². The van der Waals surface area contributed by atoms with Gasteiger partial charge in [-0.25, -0.2) is 4.98 Å². The molecule has 0 aliphatic carbocycles. The minimum atomic E-state index is 0.0164. The molecular formula is C27H29N3OS2. The topological polar surface area (TPSA) is 57.8 Å². The lowest BCUT2D eigenvalue weighted by molar-refractivity contribution is -0.113. The molecule has 3 aromatic carbocycles. The first kappa shape index (κ1) is 23.5. The van der Waals surface area contributed by atoms with Crippen LogP contribution < -0.4 is 5.32 Å². The fraction of sp³-hybridized carbons (Fsp3) is 0.259. The summed E-state index contributed by atoms with van der Waals surface area (Å²) in [6, 6.07) is 22.6. The summed E-state index contributed by atoms with van der Waals surface area (Å²) >= 11 is 3.28. The van der Waals surface area contributed by atoms with Gasteiger partial charge in [0.05, 0.1) is 16.8 Å². The number of rotatable bonds is 10. The first-order valence-corrected chi connectivity index (χ1v) is 13.3. The van der Waals surface area contributed by atoms with Gasteiger partial charge in [-0.3, -0.25) is 4.79 Å². The molecule has 2 N–H and O–H groups in total. The summed E-state index contributed by atoms with van der Waals surface area (Å²) in [5.74, 6) is 1.23. The Hall–Kier alpha value is -2.70. The van der Waals surface area contributed by atoms with E-state index in [1.165, 1.54) is 29.5 Å². The molecular weight excluding hydrogens is 446 g/mol. The van der Waals surface area contributed by atoms with Gasteiger partial charge in [0, 0.05) is 16.3 Å². The van der Waals surface area contributed by atoms with Crippen LogP contribution in [0.5, 0.6) is 0 Å². The number of carbonyl (C=O) groups excluding carboxylic acids is 1. The van der Waals surface area contributed by atoms with Crippen molar-refractivity contribution in [1.82, 2.24) is 9.97 Å². The molecule has 0 unspecified atom stereocenters. The lowest BCUT2D eigenvalue weighted by atomic mass is 10.1. The van der Waals surface area contributed by atoms with Crippen LogP contribution in [-0.2, 0) is 17.0 Å². The first-order chi connectivity index (χ1) is 16.1. The zero-order chi connectivity index (χ0) is 23.0. The van der Waals surface area contributed by atoms with Gasteiger partial charge in [-0.2, -0.15) is 0 Å². The summed E-state index contributed by atoms with van der Waals surface area (Å²) < 4.78 is 0. The molecule has 6 heteroatoms. The number of carbonyl (C=O) groups is 1. The van der Waals surface area contributed by atoms with Gasteiger partial charge in [0.2, 0.25) is 5.91 Å². The third kappa shape index (κ3) is 6.42. The largest absolute Gasteiger partial charge is 0.333 e. The summed E-state index contributed by atoms with van der Waals surface area (Å²) in [6.07, 6.45) is 3.47. The molecule has 4 aromatic rings. The molecule has 0 atom stereocenters. The normalized spacial score (nSPS) is 11.1. The Bertz CT molecular complexity index is 1180. The number of hydrogen-bond acceptors (Lipinski definition) is 4. The van der Waals surface area contributed by atoms with Crippen LogP contribution in [0.4, 0.5) is 5.69 Å². The fourth-order valence-corrected chi connectivity index (χ4v) is 5.42. The highest BCUT2D eigenvalue weighted by Gasteiger charge is 2.10. The minimum Gasteiger partial charge on any atom is -0.333 e. The van der Waals surface area contributed by atoms with Gasteiger partial charge in [-0.05, 0) is 66.8 Å². The Morgan fingerprint density at radius 1 is 1.00 bits per heavy atom. The Labute approximate surface area is 204 Å². The van der Waals surface area contributed by atoms with Gasteiger partial charge in [-0.1, -0.05) is 61.5 Å². The number of fused-ring (bicyclic) bond motifs is 1. The lowest BCUT2D eigenvalue weighted by Gasteiger charge is -2.11. The molecule has 0 spiro atoms. The van der Waals surface area contributed by atoms with Crippen LogP contribution in [0.25, 0.3) is 11.0 Å². The van der Waals surface area contributed by atoms with Crippen molar-refractivity contribution in [2.24, 2.45) is 0 Å². The predicted molar refractivity (Wildman–Crippen MR) is 141 cm³/mol. The predicted octanol–water partition coefficient (Wildman–Crippen LogP) is 7.24. The van der Waals surface area contributed by atoms with Gasteiger partial charge in [0.15, 0.2) is 5.16 Å². The SMILES string of the molecule is CCCCc1ccc(NC(=O)CSc2cccc(CSc3nc4ccccc4[nH]3)c2C)cc1. The average molecular weight is 476 g/mol. The summed E-state index contributed by atoms with van der Waals surface area (Å²) in [6.45, 7) is 4.33. The smallest absolute Gasteiger partial charge is 0.234 e. The number of benzene rings is 3. The third-order valence-electron chi connectivity index (χ3n) is 5.54. The zero-order valence-corrected chi connectivity index (χ0v) is 20.7. The van der Waals surface area contributed by atoms with E-state index in [9.17, 15) is 4.79 Å². The van der Waals surface area contributed by atoms with Crippen molar-refractivity contribution >= 4 is 46.2 Å². The number of unbranched alkanes of at least 4 members (excludes halogenated alkanes) is 1. The van der Waals surface area contributed by atoms with E-state index in [-0.39, 0.29) is 5.91 Å². The number of aryl methyl sites for hydroxylation is 1. The number of para-hydroxylation sites is 2. The Morgan fingerprint density at radius 3 is 2.61 bits per heavy atom. The highest BCUT2D eigenvalue weighted by molar-refractivity contribution is 8.00. The number of amides is 1. The van der Waals surface area contributed by atoms with E-state index in [2.05, 4.69) is 59.5 Å². The van der Waals surface area contributed by atoms with Crippen molar-refractivity contribution in [2.75, 3.05) is 11.1 Å². The van der Waals surface area contributed by atoms with Crippen molar-refractivity contribution < 1.29 is 4.79 Å². The third-order valence-corrected chi connectivity index (χ3v) is 7.63. The standard InChI is InChI=1S/C27H29N3OS2/c1-3-4-8-20-13-15-22(16-14-20)28-26(31)18-32-25-12-7-9-21(19(25)2)17-33-27-29-23-10-5-6-11-24(23)30-27/h5-7,9-16H,3-4,8,17-18H2,1-2H3,(H,28,31)(H,29,30). The van der Waals surface area contributed by atoms with Crippen LogP contribution in [-0.4, -0.2) is 21.6 Å². The fourth-order valence-electron chi connectivity index (χ4n) is 3.59. The number of thioether (sulfide) groups is 2. The monoisotopic (exact) mass is 475 g/mol. The molecule has 4 nitrogen and oxygen atoms in total. The molecule has 0 bridgehead atoms. The first-order valence-electron chi connectivity index (χ1n) is 11.3. The summed E-state index contributed by atoms with van der Waals surface area (Å²) in [4.78, 5) is 21.6. The second-order valence-electron chi connectivity index (χ2n) is 8.03. The number of imidazole rings is 1. The molecule has 33 heavy (non-hydrogen) atoms. The van der Waals surface area contributed by atoms with E-state index < -0.39 is 0 Å². The maximum atomic E-state index is 12.5. The molecule has 0 radical (unpaired) electrons. The number of aromatic nitrogens is 2. The van der Waals surface area contributed by atoms with Crippen molar-refractivity contribution in [3.05, 3.63) is 83.4 Å². The van der Waals surface area contributed by atoms with Crippen molar-refractivity contribution in [2.45, 2.75) is 48.9 Å². The van der Waals surface area contributed by atoms with Crippen LogP contribution in [0.15, 0.2) is 76.8 Å². The van der Waals surface area contributed by atoms with Gasteiger partial charge >= 0.3 is 0 Å². The van der Waals surface area contributed by atoms with Crippen LogP contribution in [0.1, 0.15) is 36.5 Å². The Kier molecular flexibility index (Phi) is 8.13. The van der Waals surface area contributed by atoms with Gasteiger partial charge < -0.3 is 10.3 Å². The molecule has 0 fully saturated rings. The highest BCUT2D eigenvalue weighted by atomic mass is 32.2. The van der Waals surface area contributed by atoms with Crippen LogP contribution in [0.3, 0.4) is 0 Å². The highest BCUT2D eigenvalue weighted by Crippen LogP contribution is 2.29. The van der Waals surface area contributed by atoms with Gasteiger partial charge in [0.1, 0.15) is 0 Å². The molecule has 1 amide bonds. The van der Waals surface area contributed by atoms with Crippen LogP contribution >= 0.6 is 23.5 Å². The summed E-state index contributed by atoms with van der Waals surface area (Å²) in [7, 11) is 0. The lowest BCUT2D eigenvalue weighted by Crippen LogP contribution is -2.14. The van der Waals surface area contributed by atoms with E-state index in [0.29, 0.717) is 5.75 Å². The second-order valence-corrected chi connectivity index (χ2v) is 10.0. The zero-order valence-electron chi connectivity index (χ0n) is 19.1. The van der Waals surface area contributed by atoms with E-state index in [1.807, 2.05) is 36.4 Å². The summed E-state index contributed by atoms with van der Waals surface area (Å²) in [5, 5.41) is 3.94. The number of aromatic amines is 1. The number of nitrogens with zero attached hydrogens (tertiary/aromatic N) is 1. The van der Waals surface area contributed by atoms with Crippen molar-refractivity contribution in [3.8, 4) is 0 Å². The van der Waals surface area contributed by atoms with Crippen molar-refractivity contribution in [1.29, 1.82) is 0 Å². The van der Waals surface area contributed by atoms with Crippen molar-refractivity contribution in [3.63, 3.8) is 0 Å². The summed E-state index contributed by atoms with van der Waals surface area (Å²) in [5.41, 5.74) is 6.70. The van der Waals surface area contributed by atoms with Crippen LogP contribution in [0, 0.1) is 6.92 Å². The quantitative estimate of drug-likeness (QED) is 0.237. The molecule has 1 heterocycles. The number of hydrogen-bond donors (Lipinski definition) is 2. The average Bonchev–Trinajstić information content (AvgIpc) is 3.25. The molecule has 0 aliphatic heterocycles. The second kappa shape index (κ2) is 11.4. The Morgan fingerprint density at radius 2 is 1.82 bits per heavy atom. The number of H-pyrrole nitrogens is 1. The molecule has 170 valence electrons. The molecule has 0 saturated heterocycles. The van der Waals surface area contributed by atoms with E-state index >= 15 is 0 Å². The maximum absolute atomic E-state index is 12.5. The van der Waals surface area contributed by atoms with E-state index in [0.717, 1.165) is 38.9 Å². The van der Waals surface area contributed by atoms with Gasteiger partial charge in [0.25, 0.3) is 0 Å². The van der Waals surface area contributed by atoms with Crippen LogP contribution in [0.2, 0.25) is 0 Å². The van der Waals surface area contributed by atoms with Gasteiger partial charge in [-0.15, -0.1) is 11.8 Å². The molecule has 0 saturated carbocycles. The molecule has 0 aliphatic rings. The minimum absolute atomic E-state index is 0.0164. The number of nitrogens with one attached hydrogen (secondary N) is 2. The van der Waals surface area contributed by atoms with E-state index in [4.69, 9.17) is 0 Å². The maximum Gasteiger partial charge on any atom is 0.234 e. The Balaban J connectivity index is 1.31. The number of anilines is 1. The molecule has 1 aromatic heterocycles. The molecule has 4 rings (SSSR count).